The summed E-state index contributed by atoms with van der Waals surface area (Å²) in [7, 11) is 0. The van der Waals surface area contributed by atoms with E-state index in [0.29, 0.717) is 5.13 Å². The van der Waals surface area contributed by atoms with Gasteiger partial charge in [0.2, 0.25) is 5.13 Å². The van der Waals surface area contributed by atoms with E-state index in [9.17, 15) is 14.9 Å². The zero-order chi connectivity index (χ0) is 16.9. The summed E-state index contributed by atoms with van der Waals surface area (Å²) < 4.78 is 0.748. The lowest BCUT2D eigenvalue weighted by molar-refractivity contribution is -0.384. The molecule has 1 N–H and O–H groups in total. The maximum absolute atomic E-state index is 12.1. The van der Waals surface area contributed by atoms with Crippen molar-refractivity contribution in [3.8, 4) is 0 Å². The van der Waals surface area contributed by atoms with Crippen LogP contribution in [0, 0.1) is 10.1 Å². The molecular formula is C14H10N4O3S3. The fourth-order valence-electron chi connectivity index (χ4n) is 1.78. The lowest BCUT2D eigenvalue weighted by atomic mass is 10.2. The number of non-ortho nitro benzene ring substituents is 1. The molecule has 0 atom stereocenters. The van der Waals surface area contributed by atoms with Crippen molar-refractivity contribution >= 4 is 51.2 Å². The van der Waals surface area contributed by atoms with Gasteiger partial charge in [0.15, 0.2) is 4.34 Å². The number of carbonyl (C=O) groups is 1. The third kappa shape index (κ3) is 4.16. The van der Waals surface area contributed by atoms with Crippen molar-refractivity contribution < 1.29 is 9.72 Å². The Bertz CT molecular complexity index is 864. The maximum atomic E-state index is 12.1. The van der Waals surface area contributed by atoms with E-state index >= 15 is 0 Å². The summed E-state index contributed by atoms with van der Waals surface area (Å²) in [5.41, 5.74) is 0.0688. The number of hydrogen-bond donors (Lipinski definition) is 1. The maximum Gasteiger partial charge on any atom is 0.270 e. The summed E-state index contributed by atoms with van der Waals surface area (Å²) in [6.07, 6.45) is 0. The molecule has 3 rings (SSSR count). The second kappa shape index (κ2) is 7.51. The van der Waals surface area contributed by atoms with Crippen LogP contribution in [0.4, 0.5) is 10.8 Å². The quantitative estimate of drug-likeness (QED) is 0.301. The van der Waals surface area contributed by atoms with Gasteiger partial charge in [-0.15, -0.1) is 21.5 Å². The second-order valence-corrected chi connectivity index (χ2v) is 7.73. The van der Waals surface area contributed by atoms with Crippen LogP contribution in [-0.2, 0) is 5.75 Å². The van der Waals surface area contributed by atoms with E-state index < -0.39 is 10.8 Å². The van der Waals surface area contributed by atoms with Gasteiger partial charge in [-0.25, -0.2) is 0 Å². The first-order chi connectivity index (χ1) is 11.6. The highest BCUT2D eigenvalue weighted by Gasteiger charge is 2.14. The number of nitrogens with one attached hydrogen (secondary N) is 1. The number of anilines is 1. The standard InChI is InChI=1S/C14H10N4O3S3/c19-12(9-3-1-4-10(7-9)18(20)21)15-13-16-17-14(24-13)23-8-11-5-2-6-22-11/h1-7H,8H2,(H,15,16,19). The van der Waals surface area contributed by atoms with E-state index in [1.807, 2.05) is 17.5 Å². The minimum Gasteiger partial charge on any atom is -0.296 e. The molecule has 1 aromatic carbocycles. The van der Waals surface area contributed by atoms with Crippen LogP contribution < -0.4 is 5.32 Å². The fraction of sp³-hybridized carbons (Fsp3) is 0.0714. The number of aromatic nitrogens is 2. The molecule has 0 fully saturated rings. The Morgan fingerprint density at radius 2 is 2.17 bits per heavy atom. The predicted octanol–water partition coefficient (Wildman–Crippen LogP) is 4.05. The number of nitrogens with zero attached hydrogens (tertiary/aromatic N) is 3. The minimum absolute atomic E-state index is 0.132. The van der Waals surface area contributed by atoms with Crippen molar-refractivity contribution in [2.24, 2.45) is 0 Å². The van der Waals surface area contributed by atoms with Crippen molar-refractivity contribution in [1.82, 2.24) is 10.2 Å². The Labute approximate surface area is 148 Å². The first kappa shape index (κ1) is 16.6. The van der Waals surface area contributed by atoms with Gasteiger partial charge in [-0.3, -0.25) is 20.2 Å². The molecule has 7 nitrogen and oxygen atoms in total. The van der Waals surface area contributed by atoms with Crippen LogP contribution in [-0.4, -0.2) is 21.0 Å². The molecule has 10 heteroatoms. The number of nitro groups is 1. The van der Waals surface area contributed by atoms with Crippen LogP contribution in [0.15, 0.2) is 46.1 Å². The SMILES string of the molecule is O=C(Nc1nnc(SCc2cccs2)s1)c1cccc([N+](=O)[O-])c1. The van der Waals surface area contributed by atoms with E-state index in [2.05, 4.69) is 15.5 Å². The van der Waals surface area contributed by atoms with Crippen molar-refractivity contribution in [1.29, 1.82) is 0 Å². The molecule has 0 aliphatic carbocycles. The molecule has 0 radical (unpaired) electrons. The van der Waals surface area contributed by atoms with Gasteiger partial charge in [0.25, 0.3) is 11.6 Å². The monoisotopic (exact) mass is 378 g/mol. The first-order valence-electron chi connectivity index (χ1n) is 6.66. The zero-order valence-corrected chi connectivity index (χ0v) is 14.5. The van der Waals surface area contributed by atoms with E-state index in [-0.39, 0.29) is 11.3 Å². The summed E-state index contributed by atoms with van der Waals surface area (Å²) >= 11 is 4.48. The normalized spacial score (nSPS) is 10.5. The fourth-order valence-corrected chi connectivity index (χ4v) is 4.30. The number of nitro benzene ring substituents is 1. The number of benzene rings is 1. The Morgan fingerprint density at radius 1 is 1.29 bits per heavy atom. The molecular weight excluding hydrogens is 368 g/mol. The Morgan fingerprint density at radius 3 is 2.92 bits per heavy atom. The van der Waals surface area contributed by atoms with Crippen molar-refractivity contribution in [2.75, 3.05) is 5.32 Å². The molecule has 0 bridgehead atoms. The molecule has 0 aliphatic rings. The van der Waals surface area contributed by atoms with Gasteiger partial charge in [0.05, 0.1) is 4.92 Å². The van der Waals surface area contributed by atoms with E-state index in [4.69, 9.17) is 0 Å². The number of carbonyl (C=O) groups excluding carboxylic acids is 1. The Hall–Kier alpha value is -2.30. The number of amides is 1. The molecule has 0 saturated heterocycles. The summed E-state index contributed by atoms with van der Waals surface area (Å²) in [5, 5.41) is 23.7. The van der Waals surface area contributed by atoms with Crippen LogP contribution in [0.2, 0.25) is 0 Å². The third-order valence-corrected chi connectivity index (χ3v) is 5.94. The van der Waals surface area contributed by atoms with Crippen LogP contribution in [0.25, 0.3) is 0 Å². The molecule has 1 amide bonds. The van der Waals surface area contributed by atoms with Gasteiger partial charge >= 0.3 is 0 Å². The molecule has 24 heavy (non-hydrogen) atoms. The largest absolute Gasteiger partial charge is 0.296 e. The van der Waals surface area contributed by atoms with Crippen LogP contribution >= 0.6 is 34.4 Å². The topological polar surface area (TPSA) is 98.0 Å². The summed E-state index contributed by atoms with van der Waals surface area (Å²) in [5.74, 6) is 0.343. The zero-order valence-electron chi connectivity index (χ0n) is 12.0. The highest BCUT2D eigenvalue weighted by Crippen LogP contribution is 2.29. The average molecular weight is 378 g/mol. The number of thiophene rings is 1. The minimum atomic E-state index is -0.541. The molecule has 0 aliphatic heterocycles. The number of hydrogen-bond acceptors (Lipinski definition) is 8. The lowest BCUT2D eigenvalue weighted by Gasteiger charge is -2.00. The highest BCUT2D eigenvalue weighted by atomic mass is 32.2. The Kier molecular flexibility index (Phi) is 5.18. The highest BCUT2D eigenvalue weighted by molar-refractivity contribution is 8.00. The number of rotatable bonds is 6. The van der Waals surface area contributed by atoms with E-state index in [0.717, 1.165) is 10.1 Å². The van der Waals surface area contributed by atoms with Crippen LogP contribution in [0.5, 0.6) is 0 Å². The second-order valence-electron chi connectivity index (χ2n) is 4.50. The van der Waals surface area contributed by atoms with Crippen molar-refractivity contribution in [3.05, 3.63) is 62.3 Å². The van der Waals surface area contributed by atoms with Crippen LogP contribution in [0.3, 0.4) is 0 Å². The van der Waals surface area contributed by atoms with E-state index in [1.54, 1.807) is 23.1 Å². The summed E-state index contributed by atoms with van der Waals surface area (Å²) in [6.45, 7) is 0. The molecule has 0 unspecified atom stereocenters. The van der Waals surface area contributed by atoms with Crippen molar-refractivity contribution in [3.63, 3.8) is 0 Å². The molecule has 2 heterocycles. The van der Waals surface area contributed by atoms with Gasteiger partial charge in [-0.1, -0.05) is 35.2 Å². The molecule has 122 valence electrons. The van der Waals surface area contributed by atoms with Gasteiger partial charge in [-0.2, -0.15) is 0 Å². The van der Waals surface area contributed by atoms with E-state index in [1.165, 1.54) is 40.5 Å². The summed E-state index contributed by atoms with van der Waals surface area (Å²) in [4.78, 5) is 23.6. The lowest BCUT2D eigenvalue weighted by Crippen LogP contribution is -2.11. The van der Waals surface area contributed by atoms with Gasteiger partial charge < -0.3 is 0 Å². The molecule has 2 aromatic heterocycles. The first-order valence-corrected chi connectivity index (χ1v) is 9.34. The molecule has 0 saturated carbocycles. The predicted molar refractivity (Wildman–Crippen MR) is 94.8 cm³/mol. The van der Waals surface area contributed by atoms with Gasteiger partial charge in [0.1, 0.15) is 0 Å². The van der Waals surface area contributed by atoms with Gasteiger partial charge in [-0.05, 0) is 17.5 Å². The number of thioether (sulfide) groups is 1. The Balaban J connectivity index is 1.62. The molecule has 0 spiro atoms. The summed E-state index contributed by atoms with van der Waals surface area (Å²) in [6, 6.07) is 9.57. The third-order valence-electron chi connectivity index (χ3n) is 2.86. The van der Waals surface area contributed by atoms with Crippen LogP contribution in [0.1, 0.15) is 15.2 Å². The molecule has 3 aromatic rings. The average Bonchev–Trinajstić information content (AvgIpc) is 3.24. The smallest absolute Gasteiger partial charge is 0.270 e. The van der Waals surface area contributed by atoms with Crippen molar-refractivity contribution in [2.45, 2.75) is 10.1 Å². The van der Waals surface area contributed by atoms with Gasteiger partial charge in [0, 0.05) is 28.3 Å².